The van der Waals surface area contributed by atoms with Crippen molar-refractivity contribution in [3.8, 4) is 0 Å². The van der Waals surface area contributed by atoms with Gasteiger partial charge < -0.3 is 0 Å². The van der Waals surface area contributed by atoms with Gasteiger partial charge in [-0.25, -0.2) is 13.4 Å². The number of hydrogen-bond acceptors (Lipinski definition) is 4. The molecule has 1 heterocycles. The largest absolute Gasteiger partial charge is 0.249 e. The summed E-state index contributed by atoms with van der Waals surface area (Å²) in [4.78, 5) is 3.76. The van der Waals surface area contributed by atoms with E-state index in [0.29, 0.717) is 5.01 Å². The molecule has 0 aliphatic heterocycles. The lowest BCUT2D eigenvalue weighted by molar-refractivity contribution is 0.609. The van der Waals surface area contributed by atoms with Crippen molar-refractivity contribution in [3.05, 3.63) is 16.6 Å². The molecule has 6 heteroatoms. The van der Waals surface area contributed by atoms with Crippen LogP contribution >= 0.6 is 22.0 Å². The van der Waals surface area contributed by atoms with E-state index in [9.17, 15) is 8.42 Å². The molecule has 0 saturated carbocycles. The molecule has 0 amide bonds. The molecule has 0 aliphatic rings. The normalized spacial score (nSPS) is 11.7. The van der Waals surface area contributed by atoms with Crippen LogP contribution in [0.15, 0.2) is 11.6 Å². The molecule has 56 valence electrons. The second kappa shape index (κ2) is 2.86. The van der Waals surface area contributed by atoms with Crippen LogP contribution in [-0.4, -0.2) is 13.4 Å². The van der Waals surface area contributed by atoms with E-state index in [1.807, 2.05) is 0 Å². The van der Waals surface area contributed by atoms with Crippen molar-refractivity contribution in [1.82, 2.24) is 4.98 Å². The van der Waals surface area contributed by atoms with Crippen LogP contribution in [0.5, 0.6) is 0 Å². The topological polar surface area (TPSA) is 47.0 Å². The Morgan fingerprint density at radius 3 is 2.80 bits per heavy atom. The summed E-state index contributed by atoms with van der Waals surface area (Å²) in [6, 6.07) is 0. The number of rotatable bonds is 2. The average molecular weight is 198 g/mol. The maximum absolute atomic E-state index is 10.4. The molecule has 0 saturated heterocycles. The van der Waals surface area contributed by atoms with Crippen LogP contribution in [0.4, 0.5) is 0 Å². The number of thiazole rings is 1. The fourth-order valence-electron chi connectivity index (χ4n) is 0.472. The van der Waals surface area contributed by atoms with Crippen LogP contribution in [0.2, 0.25) is 0 Å². The molecule has 0 radical (unpaired) electrons. The molecule has 0 bridgehead atoms. The molecule has 0 unspecified atom stereocenters. The summed E-state index contributed by atoms with van der Waals surface area (Å²) in [5, 5.41) is 2.23. The van der Waals surface area contributed by atoms with Crippen molar-refractivity contribution >= 4 is 31.1 Å². The Bertz CT molecular complexity index is 291. The van der Waals surface area contributed by atoms with E-state index in [1.165, 1.54) is 11.3 Å². The molecule has 1 aromatic heterocycles. The third-order valence-corrected chi connectivity index (χ3v) is 2.69. The summed E-state index contributed by atoms with van der Waals surface area (Å²) in [6.45, 7) is 0. The van der Waals surface area contributed by atoms with Crippen molar-refractivity contribution in [1.29, 1.82) is 0 Å². The van der Waals surface area contributed by atoms with Gasteiger partial charge in [-0.15, -0.1) is 11.3 Å². The van der Waals surface area contributed by atoms with Crippen LogP contribution < -0.4 is 0 Å². The summed E-state index contributed by atoms with van der Waals surface area (Å²) < 4.78 is 20.9. The quantitative estimate of drug-likeness (QED) is 0.670. The highest BCUT2D eigenvalue weighted by Crippen LogP contribution is 2.11. The fraction of sp³-hybridized carbons (Fsp3) is 0.250. The lowest BCUT2D eigenvalue weighted by atomic mass is 10.8. The van der Waals surface area contributed by atoms with Gasteiger partial charge in [0.15, 0.2) is 0 Å². The number of hydrogen-bond donors (Lipinski definition) is 0. The zero-order valence-electron chi connectivity index (χ0n) is 4.82. The highest BCUT2D eigenvalue weighted by Gasteiger charge is 2.07. The minimum Gasteiger partial charge on any atom is -0.249 e. The van der Waals surface area contributed by atoms with Gasteiger partial charge in [-0.2, -0.15) is 0 Å². The first-order valence-electron chi connectivity index (χ1n) is 2.38. The number of nitrogens with zero attached hydrogens (tertiary/aromatic N) is 1. The molecule has 3 nitrogen and oxygen atoms in total. The van der Waals surface area contributed by atoms with Gasteiger partial charge in [0.25, 0.3) is 0 Å². The maximum Gasteiger partial charge on any atom is 0.239 e. The Balaban J connectivity index is 2.75. The monoisotopic (exact) mass is 197 g/mol. The van der Waals surface area contributed by atoms with E-state index >= 15 is 0 Å². The van der Waals surface area contributed by atoms with E-state index in [1.54, 1.807) is 11.6 Å². The van der Waals surface area contributed by atoms with Crippen LogP contribution in [0.1, 0.15) is 5.01 Å². The van der Waals surface area contributed by atoms with Crippen LogP contribution in [0, 0.1) is 0 Å². The van der Waals surface area contributed by atoms with Gasteiger partial charge >= 0.3 is 0 Å². The molecule has 0 N–H and O–H groups in total. The second-order valence-electron chi connectivity index (χ2n) is 1.61. The SMILES string of the molecule is O=S(=O)(Cl)Cc1nccs1. The average Bonchev–Trinajstić information content (AvgIpc) is 2.12. The van der Waals surface area contributed by atoms with Crippen molar-refractivity contribution < 1.29 is 8.42 Å². The Hall–Kier alpha value is -0.130. The molecule has 0 spiro atoms. The molecular formula is C4H4ClNO2S2. The van der Waals surface area contributed by atoms with Crippen LogP contribution in [0.25, 0.3) is 0 Å². The molecule has 0 aliphatic carbocycles. The van der Waals surface area contributed by atoms with Gasteiger partial charge in [-0.05, 0) is 0 Å². The first kappa shape index (κ1) is 7.97. The number of halogens is 1. The van der Waals surface area contributed by atoms with Gasteiger partial charge in [0.05, 0.1) is 0 Å². The lowest BCUT2D eigenvalue weighted by Gasteiger charge is -1.87. The van der Waals surface area contributed by atoms with Crippen molar-refractivity contribution in [3.63, 3.8) is 0 Å². The van der Waals surface area contributed by atoms with Crippen LogP contribution in [0.3, 0.4) is 0 Å². The highest BCUT2D eigenvalue weighted by atomic mass is 35.7. The van der Waals surface area contributed by atoms with E-state index in [4.69, 9.17) is 10.7 Å². The molecule has 1 rings (SSSR count). The van der Waals surface area contributed by atoms with Gasteiger partial charge in [-0.1, -0.05) is 0 Å². The summed E-state index contributed by atoms with van der Waals surface area (Å²) in [5.41, 5.74) is 0. The molecule has 0 fully saturated rings. The Labute approximate surface area is 67.1 Å². The molecule has 1 aromatic rings. The molecular weight excluding hydrogens is 194 g/mol. The Kier molecular flexibility index (Phi) is 2.28. The Morgan fingerprint density at radius 2 is 2.40 bits per heavy atom. The van der Waals surface area contributed by atoms with E-state index in [0.717, 1.165) is 0 Å². The smallest absolute Gasteiger partial charge is 0.239 e. The fourth-order valence-corrected chi connectivity index (χ4v) is 2.48. The van der Waals surface area contributed by atoms with E-state index in [2.05, 4.69) is 4.98 Å². The van der Waals surface area contributed by atoms with Gasteiger partial charge in [0, 0.05) is 22.3 Å². The van der Waals surface area contributed by atoms with Crippen molar-refractivity contribution in [2.24, 2.45) is 0 Å². The third-order valence-electron chi connectivity index (χ3n) is 0.779. The number of aromatic nitrogens is 1. The first-order chi connectivity index (χ1) is 4.58. The second-order valence-corrected chi connectivity index (χ2v) is 5.37. The van der Waals surface area contributed by atoms with Gasteiger partial charge in [0.1, 0.15) is 10.8 Å². The van der Waals surface area contributed by atoms with Crippen molar-refractivity contribution in [2.45, 2.75) is 5.75 Å². The summed E-state index contributed by atoms with van der Waals surface area (Å²) >= 11 is 1.28. The third kappa shape index (κ3) is 2.64. The summed E-state index contributed by atoms with van der Waals surface area (Å²) in [6.07, 6.45) is 1.54. The zero-order valence-corrected chi connectivity index (χ0v) is 7.21. The molecule has 10 heavy (non-hydrogen) atoms. The minimum atomic E-state index is -3.43. The standard InChI is InChI=1S/C4H4ClNO2S2/c5-10(7,8)3-4-6-1-2-9-4/h1-2H,3H2. The van der Waals surface area contributed by atoms with Crippen molar-refractivity contribution in [2.75, 3.05) is 0 Å². The highest BCUT2D eigenvalue weighted by molar-refractivity contribution is 8.13. The summed E-state index contributed by atoms with van der Waals surface area (Å²) in [7, 11) is 1.54. The Morgan fingerprint density at radius 1 is 1.70 bits per heavy atom. The predicted molar refractivity (Wildman–Crippen MR) is 40.6 cm³/mol. The van der Waals surface area contributed by atoms with E-state index < -0.39 is 9.05 Å². The van der Waals surface area contributed by atoms with Gasteiger partial charge in [-0.3, -0.25) is 0 Å². The van der Waals surface area contributed by atoms with Crippen LogP contribution in [-0.2, 0) is 14.8 Å². The molecule has 0 atom stereocenters. The lowest BCUT2D eigenvalue weighted by Crippen LogP contribution is -1.93. The first-order valence-corrected chi connectivity index (χ1v) is 5.74. The maximum atomic E-state index is 10.4. The van der Waals surface area contributed by atoms with E-state index in [-0.39, 0.29) is 5.75 Å². The zero-order chi connectivity index (χ0) is 7.61. The molecule has 0 aromatic carbocycles. The summed E-state index contributed by atoms with van der Waals surface area (Å²) in [5.74, 6) is -0.174. The van der Waals surface area contributed by atoms with Gasteiger partial charge in [0.2, 0.25) is 9.05 Å². The minimum absolute atomic E-state index is 0.174. The predicted octanol–water partition coefficient (Wildman–Crippen LogP) is 1.21.